The fourth-order valence-corrected chi connectivity index (χ4v) is 4.66. The third-order valence-corrected chi connectivity index (χ3v) is 5.99. The van der Waals surface area contributed by atoms with Crippen LogP contribution in [0.1, 0.15) is 12.0 Å². The lowest BCUT2D eigenvalue weighted by atomic mass is 9.85. The van der Waals surface area contributed by atoms with E-state index < -0.39 is 4.92 Å². The first-order valence-corrected chi connectivity index (χ1v) is 9.71. The largest absolute Gasteiger partial charge is 0.355 e. The van der Waals surface area contributed by atoms with Crippen LogP contribution >= 0.6 is 24.0 Å². The highest BCUT2D eigenvalue weighted by Crippen LogP contribution is 2.52. The van der Waals surface area contributed by atoms with Gasteiger partial charge in [-0.3, -0.25) is 29.6 Å². The second-order valence-corrected chi connectivity index (χ2v) is 7.61. The van der Waals surface area contributed by atoms with Crippen molar-refractivity contribution in [2.24, 2.45) is 28.7 Å². The molecule has 2 aliphatic carbocycles. The van der Waals surface area contributed by atoms with Crippen molar-refractivity contribution in [3.8, 4) is 0 Å². The first kappa shape index (κ1) is 22.2. The summed E-state index contributed by atoms with van der Waals surface area (Å²) in [6, 6.07) is 6.37. The molecule has 9 nitrogen and oxygen atoms in total. The van der Waals surface area contributed by atoms with Gasteiger partial charge in [0.1, 0.15) is 0 Å². The Hall–Kier alpha value is -2.50. The molecule has 1 aliphatic heterocycles. The van der Waals surface area contributed by atoms with Crippen LogP contribution in [0.3, 0.4) is 0 Å². The first-order chi connectivity index (χ1) is 14.0. The molecular formula is C20H24IN5O4. The topological polar surface area (TPSA) is 117 Å². The Bertz CT molecular complexity index is 888. The number of halogens is 1. The Kier molecular flexibility index (Phi) is 6.74. The summed E-state index contributed by atoms with van der Waals surface area (Å²) in [6.45, 7) is 1.04. The second kappa shape index (κ2) is 9.11. The molecule has 2 bridgehead atoms. The Labute approximate surface area is 191 Å². The number of nitrogens with one attached hydrogen (secondary N) is 2. The maximum Gasteiger partial charge on any atom is 0.269 e. The van der Waals surface area contributed by atoms with Gasteiger partial charge in [-0.1, -0.05) is 24.3 Å². The van der Waals surface area contributed by atoms with Gasteiger partial charge in [0, 0.05) is 38.8 Å². The zero-order chi connectivity index (χ0) is 20.5. The lowest BCUT2D eigenvalue weighted by molar-refractivity contribution is -0.384. The monoisotopic (exact) mass is 525 g/mol. The number of benzene rings is 1. The molecule has 2 fully saturated rings. The number of fused-ring (bicyclic) bond motifs is 5. The van der Waals surface area contributed by atoms with Crippen molar-refractivity contribution in [2.75, 3.05) is 20.1 Å². The van der Waals surface area contributed by atoms with Gasteiger partial charge in [0.05, 0.1) is 16.8 Å². The molecule has 0 radical (unpaired) electrons. The van der Waals surface area contributed by atoms with Crippen molar-refractivity contribution in [1.29, 1.82) is 0 Å². The van der Waals surface area contributed by atoms with Crippen LogP contribution < -0.4 is 10.6 Å². The predicted molar refractivity (Wildman–Crippen MR) is 121 cm³/mol. The van der Waals surface area contributed by atoms with Crippen LogP contribution in [0.25, 0.3) is 0 Å². The van der Waals surface area contributed by atoms with Crippen LogP contribution in [-0.4, -0.2) is 47.7 Å². The molecule has 1 aromatic carbocycles. The summed E-state index contributed by atoms with van der Waals surface area (Å²) in [4.78, 5) is 41.3. The quantitative estimate of drug-likeness (QED) is 0.111. The van der Waals surface area contributed by atoms with Gasteiger partial charge in [-0.05, 0) is 23.8 Å². The molecule has 2 amide bonds. The number of non-ortho nitro benzene ring substituents is 1. The molecule has 1 aromatic rings. The van der Waals surface area contributed by atoms with Gasteiger partial charge in [0.25, 0.3) is 5.69 Å². The van der Waals surface area contributed by atoms with E-state index in [0.29, 0.717) is 25.6 Å². The number of allylic oxidation sites excluding steroid dienone is 2. The van der Waals surface area contributed by atoms with Crippen LogP contribution in [0, 0.1) is 33.8 Å². The van der Waals surface area contributed by atoms with Gasteiger partial charge >= 0.3 is 0 Å². The van der Waals surface area contributed by atoms with E-state index in [-0.39, 0.29) is 65.2 Å². The van der Waals surface area contributed by atoms with Gasteiger partial charge in [0.2, 0.25) is 11.8 Å². The molecule has 30 heavy (non-hydrogen) atoms. The number of hydrogen-bond acceptors (Lipinski definition) is 5. The highest BCUT2D eigenvalue weighted by atomic mass is 127. The number of carbonyl (C=O) groups excluding carboxylic acids is 2. The van der Waals surface area contributed by atoms with Gasteiger partial charge < -0.3 is 10.6 Å². The average Bonchev–Trinajstić information content (AvgIpc) is 3.40. The third kappa shape index (κ3) is 4.05. The van der Waals surface area contributed by atoms with E-state index in [1.165, 1.54) is 17.0 Å². The fourth-order valence-electron chi connectivity index (χ4n) is 4.66. The number of carbonyl (C=O) groups is 2. The maximum absolute atomic E-state index is 12.7. The van der Waals surface area contributed by atoms with Crippen LogP contribution in [0.15, 0.2) is 41.4 Å². The molecule has 1 heterocycles. The van der Waals surface area contributed by atoms with Crippen molar-refractivity contribution >= 4 is 47.4 Å². The summed E-state index contributed by atoms with van der Waals surface area (Å²) in [7, 11) is 1.61. The number of amides is 2. The number of hydrogen-bond donors (Lipinski definition) is 2. The number of imide groups is 1. The van der Waals surface area contributed by atoms with Gasteiger partial charge in [-0.25, -0.2) is 0 Å². The van der Waals surface area contributed by atoms with Crippen molar-refractivity contribution in [3.63, 3.8) is 0 Å². The minimum absolute atomic E-state index is 0. The van der Waals surface area contributed by atoms with E-state index in [1.54, 1.807) is 19.2 Å². The molecule has 0 aromatic heterocycles. The summed E-state index contributed by atoms with van der Waals surface area (Å²) in [5.74, 6) is 0.453. The number of aliphatic imine (C=N–C) groups is 1. The SMILES string of the molecule is CN=C(NCCN1C(=O)C2C3C=CC(C3)C2C1=O)NCc1cccc([N+](=O)[O-])c1.I. The van der Waals surface area contributed by atoms with Crippen molar-refractivity contribution in [3.05, 3.63) is 52.1 Å². The van der Waals surface area contributed by atoms with Crippen LogP contribution in [-0.2, 0) is 16.1 Å². The maximum atomic E-state index is 12.7. The molecule has 4 unspecified atom stereocenters. The number of likely N-dealkylation sites (tertiary alicyclic amines) is 1. The molecule has 4 rings (SSSR count). The molecule has 0 spiro atoms. The highest BCUT2D eigenvalue weighted by molar-refractivity contribution is 14.0. The minimum atomic E-state index is -0.433. The van der Waals surface area contributed by atoms with E-state index in [4.69, 9.17) is 0 Å². The zero-order valence-corrected chi connectivity index (χ0v) is 18.8. The van der Waals surface area contributed by atoms with E-state index >= 15 is 0 Å². The first-order valence-electron chi connectivity index (χ1n) is 9.71. The van der Waals surface area contributed by atoms with Crippen molar-refractivity contribution in [2.45, 2.75) is 13.0 Å². The lowest BCUT2D eigenvalue weighted by Crippen LogP contribution is -2.43. The summed E-state index contributed by atoms with van der Waals surface area (Å²) < 4.78 is 0. The number of guanidine groups is 1. The molecule has 1 saturated heterocycles. The second-order valence-electron chi connectivity index (χ2n) is 7.61. The van der Waals surface area contributed by atoms with E-state index in [0.717, 1.165) is 12.0 Å². The molecular weight excluding hydrogens is 501 g/mol. The third-order valence-electron chi connectivity index (χ3n) is 5.99. The normalized spacial score (nSPS) is 26.6. The fraction of sp³-hybridized carbons (Fsp3) is 0.450. The lowest BCUT2D eigenvalue weighted by Gasteiger charge is -2.18. The summed E-state index contributed by atoms with van der Waals surface area (Å²) in [5, 5.41) is 17.0. The summed E-state index contributed by atoms with van der Waals surface area (Å²) >= 11 is 0. The number of nitro groups is 1. The molecule has 160 valence electrons. The predicted octanol–water partition coefficient (Wildman–Crippen LogP) is 1.68. The van der Waals surface area contributed by atoms with Crippen LogP contribution in [0.2, 0.25) is 0 Å². The number of nitro benzene ring substituents is 1. The van der Waals surface area contributed by atoms with E-state index in [2.05, 4.69) is 27.8 Å². The standard InChI is InChI=1S/C20H23N5O4.HI/c1-21-20(23-11-12-3-2-4-15(9-12)25(28)29)22-7-8-24-18(26)16-13-5-6-14(10-13)17(16)19(24)27;/h2-6,9,13-14,16-17H,7-8,10-11H2,1H3,(H2,21,22,23);1H. The molecule has 2 N–H and O–H groups in total. The average molecular weight is 525 g/mol. The van der Waals surface area contributed by atoms with Gasteiger partial charge in [-0.15, -0.1) is 24.0 Å². The number of rotatable bonds is 6. The Morgan fingerprint density at radius 3 is 2.47 bits per heavy atom. The minimum Gasteiger partial charge on any atom is -0.355 e. The van der Waals surface area contributed by atoms with Crippen molar-refractivity contribution in [1.82, 2.24) is 15.5 Å². The van der Waals surface area contributed by atoms with Gasteiger partial charge in [-0.2, -0.15) is 0 Å². The summed E-state index contributed by atoms with van der Waals surface area (Å²) in [6.07, 6.45) is 5.09. The Morgan fingerprint density at radius 1 is 1.20 bits per heavy atom. The Balaban J connectivity index is 0.00000256. The van der Waals surface area contributed by atoms with Gasteiger partial charge in [0.15, 0.2) is 5.96 Å². The Morgan fingerprint density at radius 2 is 1.87 bits per heavy atom. The van der Waals surface area contributed by atoms with Crippen molar-refractivity contribution < 1.29 is 14.5 Å². The van der Waals surface area contributed by atoms with Crippen LogP contribution in [0.4, 0.5) is 5.69 Å². The van der Waals surface area contributed by atoms with E-state index in [9.17, 15) is 19.7 Å². The zero-order valence-electron chi connectivity index (χ0n) is 16.5. The van der Waals surface area contributed by atoms with E-state index in [1.807, 2.05) is 0 Å². The molecule has 4 atom stereocenters. The summed E-state index contributed by atoms with van der Waals surface area (Å²) in [5.41, 5.74) is 0.787. The molecule has 1 saturated carbocycles. The molecule has 3 aliphatic rings. The molecule has 10 heteroatoms. The highest BCUT2D eigenvalue weighted by Gasteiger charge is 2.58. The smallest absolute Gasteiger partial charge is 0.269 e. The number of nitrogens with zero attached hydrogens (tertiary/aromatic N) is 3. The van der Waals surface area contributed by atoms with Crippen LogP contribution in [0.5, 0.6) is 0 Å².